The molecule has 0 saturated carbocycles. The lowest BCUT2D eigenvalue weighted by Crippen LogP contribution is -1.85. The normalized spacial score (nSPS) is 14.5. The molecular weight excluding hydrogens is 160 g/mol. The van der Waals surface area contributed by atoms with E-state index < -0.39 is 0 Å². The van der Waals surface area contributed by atoms with Crippen molar-refractivity contribution in [2.75, 3.05) is 6.61 Å². The van der Waals surface area contributed by atoms with E-state index in [9.17, 15) is 0 Å². The molecule has 1 heteroatoms. The Bertz CT molecular complexity index is 326. The van der Waals surface area contributed by atoms with Crippen LogP contribution in [0.2, 0.25) is 0 Å². The van der Waals surface area contributed by atoms with E-state index in [4.69, 9.17) is 4.74 Å². The van der Waals surface area contributed by atoms with E-state index in [1.54, 1.807) is 0 Å². The highest BCUT2D eigenvalue weighted by atomic mass is 16.5. The second kappa shape index (κ2) is 3.65. The Morgan fingerprint density at radius 3 is 3.23 bits per heavy atom. The predicted octanol–water partition coefficient (Wildman–Crippen LogP) is 3.04. The molecule has 0 spiro atoms. The van der Waals surface area contributed by atoms with Gasteiger partial charge in [-0.2, -0.15) is 0 Å². The highest BCUT2D eigenvalue weighted by Gasteiger charge is 2.10. The summed E-state index contributed by atoms with van der Waals surface area (Å²) in [6.07, 6.45) is 6.49. The Kier molecular flexibility index (Phi) is 2.35. The second-order valence-corrected chi connectivity index (χ2v) is 3.28. The molecule has 0 unspecified atom stereocenters. The van der Waals surface area contributed by atoms with E-state index in [0.29, 0.717) is 0 Å². The summed E-state index contributed by atoms with van der Waals surface area (Å²) in [6.45, 7) is 2.99. The van der Waals surface area contributed by atoms with E-state index in [0.717, 1.165) is 25.2 Å². The van der Waals surface area contributed by atoms with Crippen LogP contribution in [0.15, 0.2) is 24.3 Å². The van der Waals surface area contributed by atoms with Gasteiger partial charge in [-0.15, -0.1) is 0 Å². The summed E-state index contributed by atoms with van der Waals surface area (Å²) < 4.78 is 5.43. The number of hydrogen-bond acceptors (Lipinski definition) is 1. The number of ether oxygens (including phenoxy) is 1. The van der Waals surface area contributed by atoms with Gasteiger partial charge in [0.05, 0.1) is 6.61 Å². The Balaban J connectivity index is 2.25. The fourth-order valence-corrected chi connectivity index (χ4v) is 1.56. The van der Waals surface area contributed by atoms with Crippen LogP contribution in [0.5, 0.6) is 5.75 Å². The van der Waals surface area contributed by atoms with E-state index >= 15 is 0 Å². The summed E-state index contributed by atoms with van der Waals surface area (Å²) in [5.41, 5.74) is 2.63. The molecular formula is C12H14O. The SMILES string of the molecule is CCC=Cc1ccc2c(c1)CCO2. The van der Waals surface area contributed by atoms with Crippen molar-refractivity contribution >= 4 is 6.08 Å². The molecule has 0 atom stereocenters. The molecule has 0 aromatic heterocycles. The summed E-state index contributed by atoms with van der Waals surface area (Å²) >= 11 is 0. The molecule has 1 aliphatic rings. The van der Waals surface area contributed by atoms with Crippen LogP contribution in [0.3, 0.4) is 0 Å². The van der Waals surface area contributed by atoms with Crippen LogP contribution in [0.1, 0.15) is 24.5 Å². The fourth-order valence-electron chi connectivity index (χ4n) is 1.56. The number of allylic oxidation sites excluding steroid dienone is 1. The van der Waals surface area contributed by atoms with Gasteiger partial charge in [0.2, 0.25) is 0 Å². The largest absolute Gasteiger partial charge is 0.493 e. The minimum Gasteiger partial charge on any atom is -0.493 e. The smallest absolute Gasteiger partial charge is 0.122 e. The van der Waals surface area contributed by atoms with Gasteiger partial charge in [0.1, 0.15) is 5.75 Å². The van der Waals surface area contributed by atoms with Crippen molar-refractivity contribution in [2.24, 2.45) is 0 Å². The van der Waals surface area contributed by atoms with E-state index in [1.807, 2.05) is 0 Å². The molecule has 1 aromatic rings. The van der Waals surface area contributed by atoms with E-state index in [1.165, 1.54) is 11.1 Å². The standard InChI is InChI=1S/C12H14O/c1-2-3-4-10-5-6-12-11(9-10)7-8-13-12/h3-6,9H,2,7-8H2,1H3. The molecule has 1 aromatic carbocycles. The van der Waals surface area contributed by atoms with Gasteiger partial charge in [0.15, 0.2) is 0 Å². The van der Waals surface area contributed by atoms with Gasteiger partial charge in [-0.25, -0.2) is 0 Å². The highest BCUT2D eigenvalue weighted by molar-refractivity contribution is 5.54. The summed E-state index contributed by atoms with van der Waals surface area (Å²) in [6, 6.07) is 6.39. The Morgan fingerprint density at radius 2 is 2.38 bits per heavy atom. The van der Waals surface area contributed by atoms with Crippen molar-refractivity contribution in [1.82, 2.24) is 0 Å². The third-order valence-corrected chi connectivity index (χ3v) is 2.26. The first kappa shape index (κ1) is 8.36. The number of hydrogen-bond donors (Lipinski definition) is 0. The lowest BCUT2D eigenvalue weighted by Gasteiger charge is -1.99. The van der Waals surface area contributed by atoms with E-state index in [2.05, 4.69) is 37.3 Å². The molecule has 0 bridgehead atoms. The lowest BCUT2D eigenvalue weighted by atomic mass is 10.1. The molecule has 1 heterocycles. The predicted molar refractivity (Wildman–Crippen MR) is 55.0 cm³/mol. The average molecular weight is 174 g/mol. The summed E-state index contributed by atoms with van der Waals surface area (Å²) in [5, 5.41) is 0. The van der Waals surface area contributed by atoms with Crippen molar-refractivity contribution in [1.29, 1.82) is 0 Å². The lowest BCUT2D eigenvalue weighted by molar-refractivity contribution is 0.357. The van der Waals surface area contributed by atoms with Gasteiger partial charge < -0.3 is 4.74 Å². The molecule has 1 aliphatic heterocycles. The van der Waals surface area contributed by atoms with Crippen LogP contribution >= 0.6 is 0 Å². The molecule has 0 amide bonds. The first-order chi connectivity index (χ1) is 6.40. The van der Waals surface area contributed by atoms with Crippen LogP contribution in [0.25, 0.3) is 6.08 Å². The van der Waals surface area contributed by atoms with Crippen molar-refractivity contribution in [3.63, 3.8) is 0 Å². The molecule has 0 fully saturated rings. The summed E-state index contributed by atoms with van der Waals surface area (Å²) in [4.78, 5) is 0. The van der Waals surface area contributed by atoms with Gasteiger partial charge >= 0.3 is 0 Å². The second-order valence-electron chi connectivity index (χ2n) is 3.28. The zero-order chi connectivity index (χ0) is 9.10. The topological polar surface area (TPSA) is 9.23 Å². The van der Waals surface area contributed by atoms with Gasteiger partial charge in [-0.3, -0.25) is 0 Å². The van der Waals surface area contributed by atoms with Gasteiger partial charge in [0.25, 0.3) is 0 Å². The van der Waals surface area contributed by atoms with Crippen LogP contribution < -0.4 is 4.74 Å². The monoisotopic (exact) mass is 174 g/mol. The molecule has 1 nitrogen and oxygen atoms in total. The van der Waals surface area contributed by atoms with Crippen molar-refractivity contribution in [3.8, 4) is 5.75 Å². The first-order valence-corrected chi connectivity index (χ1v) is 4.82. The van der Waals surface area contributed by atoms with Crippen LogP contribution in [-0.4, -0.2) is 6.61 Å². The Labute approximate surface area is 79.0 Å². The van der Waals surface area contributed by atoms with Gasteiger partial charge in [0, 0.05) is 6.42 Å². The first-order valence-electron chi connectivity index (χ1n) is 4.82. The van der Waals surface area contributed by atoms with Crippen LogP contribution in [-0.2, 0) is 6.42 Å². The summed E-state index contributed by atoms with van der Waals surface area (Å²) in [7, 11) is 0. The Hall–Kier alpha value is -1.24. The van der Waals surface area contributed by atoms with Crippen molar-refractivity contribution in [2.45, 2.75) is 19.8 Å². The quantitative estimate of drug-likeness (QED) is 0.669. The van der Waals surface area contributed by atoms with Gasteiger partial charge in [-0.1, -0.05) is 25.1 Å². The Morgan fingerprint density at radius 1 is 1.46 bits per heavy atom. The van der Waals surface area contributed by atoms with Crippen molar-refractivity contribution < 1.29 is 4.74 Å². The van der Waals surface area contributed by atoms with E-state index in [-0.39, 0.29) is 0 Å². The molecule has 0 N–H and O–H groups in total. The highest BCUT2D eigenvalue weighted by Crippen LogP contribution is 2.26. The summed E-state index contributed by atoms with van der Waals surface area (Å²) in [5.74, 6) is 1.06. The van der Waals surface area contributed by atoms with Gasteiger partial charge in [-0.05, 0) is 29.7 Å². The fraction of sp³-hybridized carbons (Fsp3) is 0.333. The molecule has 0 saturated heterocycles. The molecule has 2 rings (SSSR count). The number of fused-ring (bicyclic) bond motifs is 1. The minimum atomic E-state index is 0.844. The third kappa shape index (κ3) is 1.74. The zero-order valence-corrected chi connectivity index (χ0v) is 7.92. The minimum absolute atomic E-state index is 0.844. The third-order valence-electron chi connectivity index (χ3n) is 2.26. The number of benzene rings is 1. The molecule has 0 aliphatic carbocycles. The average Bonchev–Trinajstić information content (AvgIpc) is 2.61. The number of rotatable bonds is 2. The molecule has 68 valence electrons. The molecule has 13 heavy (non-hydrogen) atoms. The maximum Gasteiger partial charge on any atom is 0.122 e. The van der Waals surface area contributed by atoms with Crippen molar-refractivity contribution in [3.05, 3.63) is 35.4 Å². The maximum absolute atomic E-state index is 5.43. The van der Waals surface area contributed by atoms with Crippen LogP contribution in [0.4, 0.5) is 0 Å². The van der Waals surface area contributed by atoms with Crippen LogP contribution in [0, 0.1) is 0 Å². The zero-order valence-electron chi connectivity index (χ0n) is 7.92. The maximum atomic E-state index is 5.43. The molecule has 0 radical (unpaired) electrons.